The van der Waals surface area contributed by atoms with Gasteiger partial charge < -0.3 is 24.4 Å². The monoisotopic (exact) mass is 550 g/mol. The van der Waals surface area contributed by atoms with Crippen molar-refractivity contribution in [1.82, 2.24) is 19.7 Å². The third-order valence-electron chi connectivity index (χ3n) is 8.29. The molecule has 39 heavy (non-hydrogen) atoms. The van der Waals surface area contributed by atoms with Gasteiger partial charge in [0.05, 0.1) is 19.2 Å². The van der Waals surface area contributed by atoms with Crippen LogP contribution in [0.1, 0.15) is 49.7 Å². The molecule has 0 saturated carbocycles. The number of nitrogens with one attached hydrogen (secondary N) is 1. The average molecular weight is 551 g/mol. The molecule has 8 heteroatoms. The first-order valence-electron chi connectivity index (χ1n) is 13.9. The average Bonchev–Trinajstić information content (AvgIpc) is 3.26. The van der Waals surface area contributed by atoms with E-state index in [1.165, 1.54) is 6.42 Å². The Morgan fingerprint density at radius 3 is 2.59 bits per heavy atom. The fourth-order valence-corrected chi connectivity index (χ4v) is 6.57. The van der Waals surface area contributed by atoms with Gasteiger partial charge in [0.1, 0.15) is 17.0 Å². The minimum atomic E-state index is -1.10. The summed E-state index contributed by atoms with van der Waals surface area (Å²) in [7, 11) is 1.63. The number of methoxy groups -OCH3 is 1. The highest BCUT2D eigenvalue weighted by Gasteiger charge is 2.47. The van der Waals surface area contributed by atoms with E-state index in [9.17, 15) is 9.59 Å². The summed E-state index contributed by atoms with van der Waals surface area (Å²) in [5.41, 5.74) is 1.14. The van der Waals surface area contributed by atoms with Crippen LogP contribution in [0.4, 0.5) is 0 Å². The topological polar surface area (TPSA) is 66.8 Å². The Morgan fingerprint density at radius 1 is 1.13 bits per heavy atom. The van der Waals surface area contributed by atoms with Crippen LogP contribution in [0.3, 0.4) is 0 Å². The molecule has 3 aromatic rings. The van der Waals surface area contributed by atoms with Gasteiger partial charge in [-0.3, -0.25) is 9.59 Å². The predicted molar refractivity (Wildman–Crippen MR) is 155 cm³/mol. The SMILES string of the molecule is COc1ccc2cc3n(c2c1)C[C@](C)(C(=O)NCCCN1C[C@H](C)C[C@@H](C)C1)N(Cc1ccccc1Cl)C3=O. The number of likely N-dealkylation sites (tertiary alicyclic amines) is 1. The number of ether oxygens (including phenoxy) is 1. The first-order valence-corrected chi connectivity index (χ1v) is 14.3. The molecule has 0 spiro atoms. The molecule has 2 aromatic carbocycles. The fourth-order valence-electron chi connectivity index (χ4n) is 6.37. The van der Waals surface area contributed by atoms with Crippen LogP contribution in [-0.4, -0.2) is 65.0 Å². The number of piperidine rings is 1. The molecule has 2 aliphatic heterocycles. The van der Waals surface area contributed by atoms with Gasteiger partial charge in [-0.05, 0) is 68.0 Å². The standard InChI is InChI=1S/C31H39ClN4O3/c1-21-14-22(2)18-34(17-21)13-7-12-33-30(38)31(3)20-35-27-16-25(39-4)11-10-23(27)15-28(35)29(37)36(31)19-24-8-5-6-9-26(24)32/h5-6,8-11,15-16,21-22H,7,12-14,17-20H2,1-4H3,(H,33,38)/t21-,22-,31-/m1/s1. The number of hydrogen-bond acceptors (Lipinski definition) is 4. The van der Waals surface area contributed by atoms with E-state index >= 15 is 0 Å². The molecule has 0 aliphatic carbocycles. The van der Waals surface area contributed by atoms with Crippen LogP contribution < -0.4 is 10.1 Å². The number of rotatable bonds is 8. The van der Waals surface area contributed by atoms with Crippen molar-refractivity contribution in [2.45, 2.75) is 52.2 Å². The smallest absolute Gasteiger partial charge is 0.271 e. The normalized spacial score (nSPS) is 23.6. The molecule has 1 fully saturated rings. The third-order valence-corrected chi connectivity index (χ3v) is 8.66. The van der Waals surface area contributed by atoms with Gasteiger partial charge in [0.2, 0.25) is 5.91 Å². The maximum absolute atomic E-state index is 14.0. The van der Waals surface area contributed by atoms with E-state index in [4.69, 9.17) is 16.3 Å². The quantitative estimate of drug-likeness (QED) is 0.391. The second kappa shape index (κ2) is 11.2. The van der Waals surface area contributed by atoms with Gasteiger partial charge >= 0.3 is 0 Å². The lowest BCUT2D eigenvalue weighted by Gasteiger charge is -2.44. The maximum atomic E-state index is 14.0. The molecule has 208 valence electrons. The van der Waals surface area contributed by atoms with Crippen LogP contribution in [-0.2, 0) is 17.9 Å². The molecule has 0 unspecified atom stereocenters. The lowest BCUT2D eigenvalue weighted by molar-refractivity contribution is -0.133. The summed E-state index contributed by atoms with van der Waals surface area (Å²) in [4.78, 5) is 32.1. The van der Waals surface area contributed by atoms with Crippen molar-refractivity contribution >= 4 is 34.3 Å². The van der Waals surface area contributed by atoms with Gasteiger partial charge in [-0.15, -0.1) is 0 Å². The van der Waals surface area contributed by atoms with Crippen molar-refractivity contribution in [2.24, 2.45) is 11.8 Å². The summed E-state index contributed by atoms with van der Waals surface area (Å²) in [6, 6.07) is 15.1. The Bertz CT molecular complexity index is 1360. The van der Waals surface area contributed by atoms with E-state index in [1.807, 2.05) is 60.0 Å². The van der Waals surface area contributed by atoms with Gasteiger partial charge in [-0.2, -0.15) is 0 Å². The molecule has 5 rings (SSSR count). The number of aromatic nitrogens is 1. The third kappa shape index (κ3) is 5.52. The Balaban J connectivity index is 1.39. The van der Waals surface area contributed by atoms with Crippen LogP contribution in [0.2, 0.25) is 5.02 Å². The highest BCUT2D eigenvalue weighted by atomic mass is 35.5. The minimum absolute atomic E-state index is 0.154. The van der Waals surface area contributed by atoms with Gasteiger partial charge in [-0.25, -0.2) is 0 Å². The van der Waals surface area contributed by atoms with Crippen LogP contribution in [0.5, 0.6) is 5.75 Å². The molecule has 0 bridgehead atoms. The van der Waals surface area contributed by atoms with Crippen molar-refractivity contribution in [3.63, 3.8) is 0 Å². The molecule has 3 atom stereocenters. The summed E-state index contributed by atoms with van der Waals surface area (Å²) in [6.45, 7) is 10.8. The van der Waals surface area contributed by atoms with Crippen LogP contribution in [0.25, 0.3) is 10.9 Å². The number of carbonyl (C=O) groups excluding carboxylic acids is 2. The van der Waals surface area contributed by atoms with Crippen LogP contribution >= 0.6 is 11.6 Å². The Morgan fingerprint density at radius 2 is 1.87 bits per heavy atom. The molecular formula is C31H39ClN4O3. The highest BCUT2D eigenvalue weighted by Crippen LogP contribution is 2.35. The maximum Gasteiger partial charge on any atom is 0.271 e. The van der Waals surface area contributed by atoms with Gasteiger partial charge in [0, 0.05) is 42.7 Å². The summed E-state index contributed by atoms with van der Waals surface area (Å²) in [5.74, 6) is 1.78. The summed E-state index contributed by atoms with van der Waals surface area (Å²) >= 11 is 6.50. The first-order chi connectivity index (χ1) is 18.7. The van der Waals surface area contributed by atoms with Gasteiger partial charge in [0.25, 0.3) is 5.91 Å². The number of nitrogens with zero attached hydrogens (tertiary/aromatic N) is 3. The number of hydrogen-bond donors (Lipinski definition) is 1. The zero-order valence-corrected chi connectivity index (χ0v) is 24.1. The predicted octanol–water partition coefficient (Wildman–Crippen LogP) is 5.20. The zero-order chi connectivity index (χ0) is 27.7. The lowest BCUT2D eigenvalue weighted by Crippen LogP contribution is -2.63. The second-order valence-corrected chi connectivity index (χ2v) is 12.0. The molecule has 1 saturated heterocycles. The molecule has 1 N–H and O–H groups in total. The summed E-state index contributed by atoms with van der Waals surface area (Å²) in [6.07, 6.45) is 2.15. The summed E-state index contributed by atoms with van der Waals surface area (Å²) in [5, 5.41) is 4.68. The number of fused-ring (bicyclic) bond motifs is 3. The number of carbonyl (C=O) groups is 2. The Labute approximate surface area is 236 Å². The second-order valence-electron chi connectivity index (χ2n) is 11.6. The number of benzene rings is 2. The highest BCUT2D eigenvalue weighted by molar-refractivity contribution is 6.31. The largest absolute Gasteiger partial charge is 0.497 e. The van der Waals surface area contributed by atoms with Gasteiger partial charge in [-0.1, -0.05) is 43.6 Å². The van der Waals surface area contributed by atoms with E-state index in [-0.39, 0.29) is 18.4 Å². The molecule has 2 aliphatic rings. The van der Waals surface area contributed by atoms with Crippen molar-refractivity contribution in [3.05, 3.63) is 64.8 Å². The Hall–Kier alpha value is -3.03. The molecule has 2 amide bonds. The number of amides is 2. The Kier molecular flexibility index (Phi) is 7.92. The molecule has 0 radical (unpaired) electrons. The molecule has 1 aromatic heterocycles. The minimum Gasteiger partial charge on any atom is -0.497 e. The van der Waals surface area contributed by atoms with E-state index in [0.29, 0.717) is 41.4 Å². The van der Waals surface area contributed by atoms with Crippen molar-refractivity contribution in [2.75, 3.05) is 33.3 Å². The molecule has 7 nitrogen and oxygen atoms in total. The van der Waals surface area contributed by atoms with E-state index in [0.717, 1.165) is 42.5 Å². The van der Waals surface area contributed by atoms with Crippen molar-refractivity contribution in [1.29, 1.82) is 0 Å². The van der Waals surface area contributed by atoms with Crippen molar-refractivity contribution in [3.8, 4) is 5.75 Å². The van der Waals surface area contributed by atoms with Crippen LogP contribution in [0.15, 0.2) is 48.5 Å². The zero-order valence-electron chi connectivity index (χ0n) is 23.4. The molecule has 3 heterocycles. The van der Waals surface area contributed by atoms with E-state index in [1.54, 1.807) is 12.0 Å². The fraction of sp³-hybridized carbons (Fsp3) is 0.484. The van der Waals surface area contributed by atoms with Crippen LogP contribution in [0, 0.1) is 11.8 Å². The molecular weight excluding hydrogens is 512 g/mol. The van der Waals surface area contributed by atoms with E-state index < -0.39 is 5.54 Å². The first kappa shape index (κ1) is 27.5. The lowest BCUT2D eigenvalue weighted by atomic mass is 9.92. The summed E-state index contributed by atoms with van der Waals surface area (Å²) < 4.78 is 7.40. The van der Waals surface area contributed by atoms with Gasteiger partial charge in [0.15, 0.2) is 0 Å². The van der Waals surface area contributed by atoms with E-state index in [2.05, 4.69) is 24.1 Å². The van der Waals surface area contributed by atoms with Crippen molar-refractivity contribution < 1.29 is 14.3 Å². The number of halogens is 1.